The van der Waals surface area contributed by atoms with E-state index < -0.39 is 29.7 Å². The lowest BCUT2D eigenvalue weighted by atomic mass is 10.2. The molecule has 0 saturated heterocycles. The molecule has 1 atom stereocenters. The fourth-order valence-electron chi connectivity index (χ4n) is 1.43. The number of nitrogens with one attached hydrogen (secondary N) is 1. The molecule has 0 unspecified atom stereocenters. The summed E-state index contributed by atoms with van der Waals surface area (Å²) < 4.78 is 15.0. The number of hydrogen-bond acceptors (Lipinski definition) is 7. The number of carbonyl (C=O) groups is 3. The van der Waals surface area contributed by atoms with Crippen LogP contribution in [0.2, 0.25) is 0 Å². The van der Waals surface area contributed by atoms with Crippen LogP contribution in [0.25, 0.3) is 0 Å². The first-order valence-electron chi connectivity index (χ1n) is 7.54. The number of rotatable bonds is 9. The smallest absolute Gasteiger partial charge is 0.408 e. The second-order valence-corrected chi connectivity index (χ2v) is 7.05. The van der Waals surface area contributed by atoms with Crippen LogP contribution >= 0.6 is 11.8 Å². The van der Waals surface area contributed by atoms with Crippen LogP contribution in [0.5, 0.6) is 0 Å². The van der Waals surface area contributed by atoms with Gasteiger partial charge in [-0.05, 0) is 46.1 Å². The van der Waals surface area contributed by atoms with Crippen molar-refractivity contribution in [3.63, 3.8) is 0 Å². The molecule has 0 heterocycles. The van der Waals surface area contributed by atoms with Crippen molar-refractivity contribution in [2.45, 2.75) is 45.8 Å². The quantitative estimate of drug-likeness (QED) is 0.292. The molecule has 0 aromatic rings. The van der Waals surface area contributed by atoms with Gasteiger partial charge in [-0.15, -0.1) is 0 Å². The Morgan fingerprint density at radius 1 is 1.17 bits per heavy atom. The summed E-state index contributed by atoms with van der Waals surface area (Å²) >= 11 is 1.54. The van der Waals surface area contributed by atoms with Gasteiger partial charge in [0.1, 0.15) is 24.9 Å². The van der Waals surface area contributed by atoms with Gasteiger partial charge in [-0.3, -0.25) is 0 Å². The van der Waals surface area contributed by atoms with E-state index in [1.54, 1.807) is 32.5 Å². The number of carbonyl (C=O) groups excluding carboxylic acids is 3. The highest BCUT2D eigenvalue weighted by molar-refractivity contribution is 7.98. The van der Waals surface area contributed by atoms with Gasteiger partial charge in [-0.2, -0.15) is 11.8 Å². The number of ether oxygens (including phenoxy) is 3. The predicted octanol–water partition coefficient (Wildman–Crippen LogP) is 2.30. The van der Waals surface area contributed by atoms with Gasteiger partial charge in [0, 0.05) is 5.57 Å². The van der Waals surface area contributed by atoms with E-state index in [0.29, 0.717) is 12.2 Å². The van der Waals surface area contributed by atoms with E-state index in [0.717, 1.165) is 0 Å². The van der Waals surface area contributed by atoms with E-state index in [1.807, 2.05) is 6.26 Å². The zero-order chi connectivity index (χ0) is 18.8. The van der Waals surface area contributed by atoms with E-state index in [4.69, 9.17) is 14.2 Å². The van der Waals surface area contributed by atoms with E-state index in [1.165, 1.54) is 6.92 Å². The van der Waals surface area contributed by atoms with Crippen LogP contribution in [-0.2, 0) is 23.8 Å². The molecular weight excluding hydrogens is 334 g/mol. The highest BCUT2D eigenvalue weighted by Gasteiger charge is 2.25. The summed E-state index contributed by atoms with van der Waals surface area (Å²) in [5.74, 6) is -0.474. The summed E-state index contributed by atoms with van der Waals surface area (Å²) in [6.45, 7) is 10.0. The summed E-state index contributed by atoms with van der Waals surface area (Å²) in [6.07, 6.45) is 1.62. The lowest BCUT2D eigenvalue weighted by Crippen LogP contribution is -2.44. The average molecular weight is 361 g/mol. The van der Waals surface area contributed by atoms with E-state index >= 15 is 0 Å². The molecule has 0 bridgehead atoms. The summed E-state index contributed by atoms with van der Waals surface area (Å²) in [5.41, 5.74) is -0.389. The van der Waals surface area contributed by atoms with Gasteiger partial charge in [0.15, 0.2) is 0 Å². The Morgan fingerprint density at radius 2 is 1.75 bits per heavy atom. The summed E-state index contributed by atoms with van der Waals surface area (Å²) in [5, 5.41) is 2.51. The Balaban J connectivity index is 4.41. The molecular formula is C16H27NO6S. The normalized spacial score (nSPS) is 12.0. The van der Waals surface area contributed by atoms with Gasteiger partial charge in [0.05, 0.1) is 0 Å². The number of esters is 2. The van der Waals surface area contributed by atoms with Gasteiger partial charge in [-0.25, -0.2) is 14.4 Å². The van der Waals surface area contributed by atoms with Crippen LogP contribution in [-0.4, -0.2) is 54.9 Å². The van der Waals surface area contributed by atoms with Crippen LogP contribution in [0.15, 0.2) is 12.2 Å². The molecule has 24 heavy (non-hydrogen) atoms. The third-order valence-electron chi connectivity index (χ3n) is 2.50. The molecule has 0 saturated carbocycles. The molecule has 1 amide bonds. The maximum atomic E-state index is 12.1. The molecule has 0 rings (SSSR count). The lowest BCUT2D eigenvalue weighted by molar-refractivity contribution is -0.151. The monoisotopic (exact) mass is 361 g/mol. The van der Waals surface area contributed by atoms with E-state index in [2.05, 4.69) is 11.9 Å². The van der Waals surface area contributed by atoms with Crippen molar-refractivity contribution in [3.05, 3.63) is 12.2 Å². The number of hydrogen-bond donors (Lipinski definition) is 1. The van der Waals surface area contributed by atoms with Crippen molar-refractivity contribution < 1.29 is 28.6 Å². The second-order valence-electron chi connectivity index (χ2n) is 6.06. The summed E-state index contributed by atoms with van der Waals surface area (Å²) in [6, 6.07) is -0.816. The highest BCUT2D eigenvalue weighted by Crippen LogP contribution is 2.09. The standard InChI is InChI=1S/C16H27NO6S/c1-11(2)13(18)21-8-9-22-14(19)12(7-10-24-6)17-15(20)23-16(3,4)5/h12H,1,7-10H2,2-6H3,(H,17,20)/t12-/m0/s1. The fraction of sp³-hybridized carbons (Fsp3) is 0.688. The Kier molecular flexibility index (Phi) is 10.2. The van der Waals surface area contributed by atoms with E-state index in [9.17, 15) is 14.4 Å². The number of amides is 1. The van der Waals surface area contributed by atoms with Crippen LogP contribution < -0.4 is 5.32 Å². The van der Waals surface area contributed by atoms with Gasteiger partial charge < -0.3 is 19.5 Å². The molecule has 8 heteroatoms. The SMILES string of the molecule is C=C(C)C(=O)OCCOC(=O)[C@H](CCSC)NC(=O)OC(C)(C)C. The lowest BCUT2D eigenvalue weighted by Gasteiger charge is -2.22. The molecule has 1 N–H and O–H groups in total. The molecule has 0 aliphatic rings. The van der Waals surface area contributed by atoms with Crippen molar-refractivity contribution in [3.8, 4) is 0 Å². The Morgan fingerprint density at radius 3 is 2.25 bits per heavy atom. The largest absolute Gasteiger partial charge is 0.461 e. The topological polar surface area (TPSA) is 90.9 Å². The molecule has 0 spiro atoms. The number of alkyl carbamates (subject to hydrolysis) is 1. The highest BCUT2D eigenvalue weighted by atomic mass is 32.2. The zero-order valence-electron chi connectivity index (χ0n) is 15.0. The zero-order valence-corrected chi connectivity index (χ0v) is 15.8. The predicted molar refractivity (Wildman–Crippen MR) is 92.9 cm³/mol. The maximum Gasteiger partial charge on any atom is 0.408 e. The van der Waals surface area contributed by atoms with Gasteiger partial charge in [0.25, 0.3) is 0 Å². The molecule has 0 aromatic heterocycles. The van der Waals surface area contributed by atoms with Crippen molar-refractivity contribution in [2.75, 3.05) is 25.2 Å². The van der Waals surface area contributed by atoms with Crippen molar-refractivity contribution >= 4 is 29.8 Å². The first kappa shape index (κ1) is 22.3. The van der Waals surface area contributed by atoms with E-state index in [-0.39, 0.29) is 18.8 Å². The summed E-state index contributed by atoms with van der Waals surface area (Å²) in [7, 11) is 0. The minimum absolute atomic E-state index is 0.0703. The van der Waals surface area contributed by atoms with Crippen molar-refractivity contribution in [2.24, 2.45) is 0 Å². The first-order valence-corrected chi connectivity index (χ1v) is 8.94. The molecule has 0 radical (unpaired) electrons. The van der Waals surface area contributed by atoms with Crippen LogP contribution in [0.3, 0.4) is 0 Å². The Hall–Kier alpha value is -1.70. The second kappa shape index (κ2) is 11.0. The molecule has 0 aromatic carbocycles. The minimum atomic E-state index is -0.816. The molecule has 7 nitrogen and oxygen atoms in total. The molecule has 0 aliphatic heterocycles. The number of thioether (sulfide) groups is 1. The first-order chi connectivity index (χ1) is 11.1. The molecule has 138 valence electrons. The third-order valence-corrected chi connectivity index (χ3v) is 3.14. The molecule has 0 fully saturated rings. The van der Waals surface area contributed by atoms with Crippen LogP contribution in [0.1, 0.15) is 34.1 Å². The summed E-state index contributed by atoms with van der Waals surface area (Å²) in [4.78, 5) is 35.1. The Bertz CT molecular complexity index is 458. The Labute approximate surface area is 147 Å². The minimum Gasteiger partial charge on any atom is -0.461 e. The van der Waals surface area contributed by atoms with Gasteiger partial charge in [-0.1, -0.05) is 6.58 Å². The van der Waals surface area contributed by atoms with Crippen molar-refractivity contribution in [1.82, 2.24) is 5.32 Å². The molecule has 0 aliphatic carbocycles. The van der Waals surface area contributed by atoms with Gasteiger partial charge in [0.2, 0.25) is 0 Å². The maximum absolute atomic E-state index is 12.1. The van der Waals surface area contributed by atoms with Crippen molar-refractivity contribution in [1.29, 1.82) is 0 Å². The average Bonchev–Trinajstić information content (AvgIpc) is 2.45. The van der Waals surface area contributed by atoms with Gasteiger partial charge >= 0.3 is 18.0 Å². The van der Waals surface area contributed by atoms with Crippen LogP contribution in [0, 0.1) is 0 Å². The van der Waals surface area contributed by atoms with Crippen LogP contribution in [0.4, 0.5) is 4.79 Å². The fourth-order valence-corrected chi connectivity index (χ4v) is 1.91. The third kappa shape index (κ3) is 10.9.